The first-order valence-corrected chi connectivity index (χ1v) is 10.2. The highest BCUT2D eigenvalue weighted by molar-refractivity contribution is 6.52. The Balaban J connectivity index is 4.22. The van der Waals surface area contributed by atoms with Crippen molar-refractivity contribution in [1.82, 2.24) is 0 Å². The Bertz CT molecular complexity index is 175. The van der Waals surface area contributed by atoms with Gasteiger partial charge in [0.1, 0.15) is 0 Å². The predicted molar refractivity (Wildman–Crippen MR) is 79.7 cm³/mol. The molecule has 18 heavy (non-hydrogen) atoms. The van der Waals surface area contributed by atoms with Crippen molar-refractivity contribution in [3.63, 3.8) is 0 Å². The second-order valence-electron chi connectivity index (χ2n) is 4.59. The normalized spacial score (nSPS) is 13.5. The quantitative estimate of drug-likeness (QED) is 0.409. The lowest BCUT2D eigenvalue weighted by Crippen LogP contribution is -2.31. The highest BCUT2D eigenvalue weighted by Gasteiger charge is 2.28. The van der Waals surface area contributed by atoms with Crippen LogP contribution in [-0.2, 0) is 17.7 Å². The van der Waals surface area contributed by atoms with Crippen LogP contribution in [0.3, 0.4) is 0 Å². The average molecular weight is 295 g/mol. The number of hydrogen-bond donors (Lipinski definition) is 0. The van der Waals surface area contributed by atoms with Crippen LogP contribution in [-0.4, -0.2) is 47.0 Å². The summed E-state index contributed by atoms with van der Waals surface area (Å²) in [6.45, 7) is 2.23. The van der Waals surface area contributed by atoms with Crippen LogP contribution in [0, 0.1) is 0 Å². The molecule has 0 heterocycles. The summed E-state index contributed by atoms with van der Waals surface area (Å²) in [5, 5.41) is 0. The molecule has 0 radical (unpaired) electrons. The lowest BCUT2D eigenvalue weighted by Gasteiger charge is -2.24. The molecule has 0 aliphatic carbocycles. The number of unbranched alkanes of at least 4 members (excludes halogenated alkanes) is 3. The highest BCUT2D eigenvalue weighted by Crippen LogP contribution is 2.27. The number of rotatable bonds is 12. The maximum Gasteiger partial charge on any atom is 0.323 e. The lowest BCUT2D eigenvalue weighted by atomic mass is 10.1. The second kappa shape index (κ2) is 12.3. The Morgan fingerprint density at radius 1 is 0.833 bits per heavy atom. The molecule has 0 rings (SSSR count). The van der Waals surface area contributed by atoms with Crippen molar-refractivity contribution in [2.24, 2.45) is 0 Å². The molecule has 0 fully saturated rings. The topological polar surface area (TPSA) is 36.9 Å². The van der Waals surface area contributed by atoms with Gasteiger partial charge in [0.05, 0.1) is 0 Å². The van der Waals surface area contributed by atoms with Gasteiger partial charge in [-0.3, -0.25) is 0 Å². The van der Waals surface area contributed by atoms with Crippen LogP contribution in [0.15, 0.2) is 0 Å². The Morgan fingerprint density at radius 3 is 1.89 bits per heavy atom. The molecule has 6 heteroatoms. The summed E-state index contributed by atoms with van der Waals surface area (Å²) in [6.07, 6.45) is 6.31. The van der Waals surface area contributed by atoms with Crippen molar-refractivity contribution in [3.05, 3.63) is 0 Å². The monoisotopic (exact) mass is 294 g/mol. The largest absolute Gasteiger partial charge is 0.400 e. The van der Waals surface area contributed by atoms with E-state index in [0.29, 0.717) is 5.54 Å². The Labute approximate surface area is 116 Å². The molecule has 0 bridgehead atoms. The predicted octanol–water partition coefficient (Wildman–Crippen LogP) is 2.35. The fourth-order valence-electron chi connectivity index (χ4n) is 2.22. The first kappa shape index (κ1) is 18.3. The van der Waals surface area contributed by atoms with Crippen LogP contribution in [0.2, 0.25) is 11.6 Å². The van der Waals surface area contributed by atoms with Crippen molar-refractivity contribution in [2.45, 2.75) is 50.6 Å². The Hall–Kier alpha value is 0.274. The SMILES string of the molecule is CCCCCCC(C[SiH](OC)OC)[SiH](OC)OC. The van der Waals surface area contributed by atoms with Crippen molar-refractivity contribution < 1.29 is 17.7 Å². The van der Waals surface area contributed by atoms with Crippen LogP contribution >= 0.6 is 0 Å². The fourth-order valence-corrected chi connectivity index (χ4v) is 6.55. The lowest BCUT2D eigenvalue weighted by molar-refractivity contribution is 0.250. The van der Waals surface area contributed by atoms with Crippen LogP contribution in [0.1, 0.15) is 39.0 Å². The van der Waals surface area contributed by atoms with Gasteiger partial charge in [-0.15, -0.1) is 0 Å². The van der Waals surface area contributed by atoms with Crippen LogP contribution in [0.25, 0.3) is 0 Å². The third kappa shape index (κ3) is 7.65. The van der Waals surface area contributed by atoms with Crippen LogP contribution < -0.4 is 0 Å². The van der Waals surface area contributed by atoms with Crippen LogP contribution in [0.5, 0.6) is 0 Å². The summed E-state index contributed by atoms with van der Waals surface area (Å²) >= 11 is 0. The van der Waals surface area contributed by atoms with Gasteiger partial charge in [0.25, 0.3) is 0 Å². The van der Waals surface area contributed by atoms with Gasteiger partial charge in [-0.25, -0.2) is 0 Å². The van der Waals surface area contributed by atoms with E-state index in [9.17, 15) is 0 Å². The molecular formula is C12H30O4Si2. The smallest absolute Gasteiger partial charge is 0.323 e. The molecule has 0 aliphatic rings. The van der Waals surface area contributed by atoms with E-state index in [4.69, 9.17) is 17.7 Å². The minimum atomic E-state index is -1.57. The van der Waals surface area contributed by atoms with Gasteiger partial charge in [0.2, 0.25) is 0 Å². The van der Waals surface area contributed by atoms with Crippen molar-refractivity contribution >= 4 is 18.6 Å². The maximum atomic E-state index is 5.54. The summed E-state index contributed by atoms with van der Waals surface area (Å²) in [4.78, 5) is 0. The van der Waals surface area contributed by atoms with E-state index in [1.54, 1.807) is 28.4 Å². The Morgan fingerprint density at radius 2 is 1.44 bits per heavy atom. The summed E-state index contributed by atoms with van der Waals surface area (Å²) in [5.41, 5.74) is 0.508. The van der Waals surface area contributed by atoms with Crippen molar-refractivity contribution in [1.29, 1.82) is 0 Å². The average Bonchev–Trinajstić information content (AvgIpc) is 2.41. The highest BCUT2D eigenvalue weighted by atomic mass is 28.3. The zero-order valence-corrected chi connectivity index (χ0v) is 14.9. The third-order valence-electron chi connectivity index (χ3n) is 3.30. The molecule has 0 aromatic carbocycles. The molecular weight excluding hydrogens is 264 g/mol. The molecule has 0 saturated carbocycles. The van der Waals surface area contributed by atoms with Gasteiger partial charge in [-0.1, -0.05) is 32.6 Å². The van der Waals surface area contributed by atoms with E-state index in [1.807, 2.05) is 0 Å². The summed E-state index contributed by atoms with van der Waals surface area (Å²) in [5.74, 6) is 0. The Kier molecular flexibility index (Phi) is 12.5. The third-order valence-corrected chi connectivity index (χ3v) is 8.19. The summed E-state index contributed by atoms with van der Waals surface area (Å²) in [7, 11) is 3.91. The van der Waals surface area contributed by atoms with E-state index >= 15 is 0 Å². The molecule has 1 atom stereocenters. The molecule has 0 aromatic rings. The molecule has 0 aromatic heterocycles. The number of hydrogen-bond acceptors (Lipinski definition) is 4. The molecule has 0 spiro atoms. The standard InChI is InChI=1S/C12H30O4Si2/c1-6-7-8-9-10-12(18(15-4)16-5)11-17(13-2)14-3/h12,17-18H,6-11H2,1-5H3. The van der Waals surface area contributed by atoms with Gasteiger partial charge in [0, 0.05) is 34.0 Å². The van der Waals surface area contributed by atoms with Gasteiger partial charge >= 0.3 is 18.6 Å². The van der Waals surface area contributed by atoms with Gasteiger partial charge < -0.3 is 17.7 Å². The minimum absolute atomic E-state index is 0.508. The van der Waals surface area contributed by atoms with E-state index in [-0.39, 0.29) is 0 Å². The summed E-state index contributed by atoms with van der Waals surface area (Å²) in [6, 6.07) is 0.998. The minimum Gasteiger partial charge on any atom is -0.400 e. The van der Waals surface area contributed by atoms with Crippen molar-refractivity contribution in [3.8, 4) is 0 Å². The maximum absolute atomic E-state index is 5.54. The zero-order valence-electron chi connectivity index (χ0n) is 12.6. The van der Waals surface area contributed by atoms with E-state index in [0.717, 1.165) is 6.04 Å². The molecule has 1 unspecified atom stereocenters. The molecule has 4 nitrogen and oxygen atoms in total. The fraction of sp³-hybridized carbons (Fsp3) is 1.00. The molecule has 110 valence electrons. The first-order chi connectivity index (χ1) is 8.73. The molecule has 0 saturated heterocycles. The summed E-state index contributed by atoms with van der Waals surface area (Å²) < 4.78 is 21.9. The van der Waals surface area contributed by atoms with E-state index in [2.05, 4.69) is 6.92 Å². The van der Waals surface area contributed by atoms with E-state index in [1.165, 1.54) is 32.1 Å². The van der Waals surface area contributed by atoms with Gasteiger partial charge in [-0.05, 0) is 12.5 Å². The molecule has 0 N–H and O–H groups in total. The second-order valence-corrected chi connectivity index (χ2v) is 9.48. The molecule has 0 aliphatic heterocycles. The van der Waals surface area contributed by atoms with Gasteiger partial charge in [0.15, 0.2) is 0 Å². The molecule has 0 amide bonds. The first-order valence-electron chi connectivity index (χ1n) is 6.84. The van der Waals surface area contributed by atoms with Crippen LogP contribution in [0.4, 0.5) is 0 Å². The van der Waals surface area contributed by atoms with Crippen molar-refractivity contribution in [2.75, 3.05) is 28.4 Å². The zero-order chi connectivity index (χ0) is 13.8. The van der Waals surface area contributed by atoms with E-state index < -0.39 is 18.6 Å². The van der Waals surface area contributed by atoms with Gasteiger partial charge in [-0.2, -0.15) is 0 Å².